The van der Waals surface area contributed by atoms with Crippen molar-refractivity contribution in [3.63, 3.8) is 0 Å². The molecular weight excluding hydrogens is 430 g/mol. The zero-order valence-electron chi connectivity index (χ0n) is 17.3. The highest BCUT2D eigenvalue weighted by atomic mass is 35.5. The predicted molar refractivity (Wildman–Crippen MR) is 121 cm³/mol. The molecule has 0 aliphatic carbocycles. The molecule has 0 heterocycles. The molecule has 1 amide bonds. The van der Waals surface area contributed by atoms with E-state index in [4.69, 9.17) is 15.2 Å². The molecule has 2 aromatic rings. The van der Waals surface area contributed by atoms with E-state index >= 15 is 0 Å². The summed E-state index contributed by atoms with van der Waals surface area (Å²) in [6, 6.07) is 11.9. The molecule has 30 heavy (non-hydrogen) atoms. The normalized spacial score (nSPS) is 10.8. The summed E-state index contributed by atoms with van der Waals surface area (Å²) in [7, 11) is -0.276. The smallest absolute Gasteiger partial charge is 0.248 e. The fourth-order valence-electron chi connectivity index (χ4n) is 2.85. The first-order chi connectivity index (χ1) is 13.8. The summed E-state index contributed by atoms with van der Waals surface area (Å²) in [6.45, 7) is 1.41. The van der Waals surface area contributed by atoms with Crippen LogP contribution in [0.1, 0.15) is 15.9 Å². The van der Waals surface area contributed by atoms with Gasteiger partial charge in [0.2, 0.25) is 15.9 Å². The van der Waals surface area contributed by atoms with E-state index < -0.39 is 15.9 Å². The van der Waals surface area contributed by atoms with Crippen molar-refractivity contribution in [2.75, 3.05) is 44.4 Å². The molecule has 0 saturated heterocycles. The number of anilines is 1. The van der Waals surface area contributed by atoms with E-state index in [9.17, 15) is 13.2 Å². The van der Waals surface area contributed by atoms with Crippen LogP contribution in [0.4, 0.5) is 5.69 Å². The number of carbonyl (C=O) groups excluding carboxylic acids is 1. The largest absolute Gasteiger partial charge is 0.493 e. The minimum atomic E-state index is -3.46. The van der Waals surface area contributed by atoms with E-state index in [1.165, 1.54) is 16.4 Å². The fourth-order valence-corrected chi connectivity index (χ4v) is 3.78. The van der Waals surface area contributed by atoms with E-state index in [0.29, 0.717) is 35.8 Å². The van der Waals surface area contributed by atoms with Crippen LogP contribution in [0.25, 0.3) is 0 Å². The van der Waals surface area contributed by atoms with Crippen LogP contribution in [-0.2, 0) is 16.4 Å². The van der Waals surface area contributed by atoms with Gasteiger partial charge in [-0.3, -0.25) is 9.10 Å². The van der Waals surface area contributed by atoms with Crippen LogP contribution in [0.3, 0.4) is 0 Å². The number of amides is 1. The van der Waals surface area contributed by atoms with Gasteiger partial charge in [-0.25, -0.2) is 8.42 Å². The molecule has 0 aromatic heterocycles. The standard InChI is InChI=1S/C20H27N3O5S.ClH/c1-27-18-9-4-15(14-19(18)28-2)10-11-22-12-13-23(29(3,25)26)17-7-5-16(6-8-17)20(21)24;/h4-9,14,22H,10-13H2,1-3H3,(H2,21,24);1H. The van der Waals surface area contributed by atoms with Crippen LogP contribution in [0.5, 0.6) is 11.5 Å². The molecule has 0 aliphatic heterocycles. The molecule has 0 radical (unpaired) electrons. The molecule has 8 nitrogen and oxygen atoms in total. The van der Waals surface area contributed by atoms with Crippen LogP contribution in [-0.4, -0.2) is 54.4 Å². The van der Waals surface area contributed by atoms with Gasteiger partial charge in [0.05, 0.1) is 26.2 Å². The third-order valence-electron chi connectivity index (χ3n) is 4.37. The molecule has 2 rings (SSSR count). The molecule has 0 fully saturated rings. The molecule has 10 heteroatoms. The van der Waals surface area contributed by atoms with Gasteiger partial charge in [-0.15, -0.1) is 12.4 Å². The van der Waals surface area contributed by atoms with Gasteiger partial charge in [-0.2, -0.15) is 0 Å². The quantitative estimate of drug-likeness (QED) is 0.498. The molecule has 0 bridgehead atoms. The summed E-state index contributed by atoms with van der Waals surface area (Å²) in [5, 5.41) is 3.25. The Bertz CT molecular complexity index is 936. The highest BCUT2D eigenvalue weighted by Gasteiger charge is 2.17. The van der Waals surface area contributed by atoms with Crippen LogP contribution in [0.2, 0.25) is 0 Å². The zero-order chi connectivity index (χ0) is 21.4. The molecule has 0 saturated carbocycles. The van der Waals surface area contributed by atoms with Gasteiger partial charge in [0.1, 0.15) is 0 Å². The van der Waals surface area contributed by atoms with Crippen molar-refractivity contribution in [3.8, 4) is 11.5 Å². The Balaban J connectivity index is 0.00000450. The second-order valence-electron chi connectivity index (χ2n) is 6.44. The van der Waals surface area contributed by atoms with Gasteiger partial charge in [0, 0.05) is 18.7 Å². The molecule has 2 aromatic carbocycles. The van der Waals surface area contributed by atoms with E-state index in [0.717, 1.165) is 18.2 Å². The van der Waals surface area contributed by atoms with Gasteiger partial charge in [-0.1, -0.05) is 6.07 Å². The number of primary amides is 1. The number of rotatable bonds is 11. The average molecular weight is 458 g/mol. The summed E-state index contributed by atoms with van der Waals surface area (Å²) in [5.74, 6) is 0.794. The van der Waals surface area contributed by atoms with Crippen molar-refractivity contribution in [3.05, 3.63) is 53.6 Å². The molecule has 3 N–H and O–H groups in total. The number of ether oxygens (including phenoxy) is 2. The van der Waals surface area contributed by atoms with Crippen LogP contribution < -0.4 is 24.8 Å². The molecule has 166 valence electrons. The zero-order valence-corrected chi connectivity index (χ0v) is 18.9. The van der Waals surface area contributed by atoms with Gasteiger partial charge in [0.25, 0.3) is 0 Å². The number of halogens is 1. The molecule has 0 unspecified atom stereocenters. The van der Waals surface area contributed by atoms with Crippen LogP contribution in [0.15, 0.2) is 42.5 Å². The number of carbonyl (C=O) groups is 1. The van der Waals surface area contributed by atoms with Crippen molar-refractivity contribution >= 4 is 34.0 Å². The van der Waals surface area contributed by atoms with Crippen molar-refractivity contribution in [2.24, 2.45) is 5.73 Å². The second kappa shape index (κ2) is 11.6. The number of nitrogens with zero attached hydrogens (tertiary/aromatic N) is 1. The Labute approximate surface area is 183 Å². The van der Waals surface area contributed by atoms with Crippen molar-refractivity contribution in [2.45, 2.75) is 6.42 Å². The number of hydrogen-bond donors (Lipinski definition) is 2. The highest BCUT2D eigenvalue weighted by molar-refractivity contribution is 7.92. The lowest BCUT2D eigenvalue weighted by Crippen LogP contribution is -2.36. The first kappa shape index (κ1) is 25.5. The monoisotopic (exact) mass is 457 g/mol. The molecule has 0 spiro atoms. The maximum absolute atomic E-state index is 12.1. The number of nitrogens with two attached hydrogens (primary N) is 1. The maximum atomic E-state index is 12.1. The van der Waals surface area contributed by atoms with Gasteiger partial charge in [-0.05, 0) is 54.9 Å². The average Bonchev–Trinajstić information content (AvgIpc) is 2.69. The molecule has 0 atom stereocenters. The van der Waals surface area contributed by atoms with E-state index in [1.54, 1.807) is 26.4 Å². The Kier molecular flexibility index (Phi) is 9.91. The minimum Gasteiger partial charge on any atom is -0.493 e. The third kappa shape index (κ3) is 7.08. The van der Waals surface area contributed by atoms with Crippen molar-refractivity contribution in [1.82, 2.24) is 5.32 Å². The first-order valence-corrected chi connectivity index (χ1v) is 10.9. The molecular formula is C20H28ClN3O5S. The van der Waals surface area contributed by atoms with Crippen molar-refractivity contribution in [1.29, 1.82) is 0 Å². The lowest BCUT2D eigenvalue weighted by atomic mass is 10.1. The lowest BCUT2D eigenvalue weighted by Gasteiger charge is -2.22. The van der Waals surface area contributed by atoms with Crippen LogP contribution >= 0.6 is 12.4 Å². The number of methoxy groups -OCH3 is 2. The topological polar surface area (TPSA) is 111 Å². The minimum absolute atomic E-state index is 0. The van der Waals surface area contributed by atoms with Gasteiger partial charge >= 0.3 is 0 Å². The third-order valence-corrected chi connectivity index (χ3v) is 5.56. The summed E-state index contributed by atoms with van der Waals surface area (Å²) in [4.78, 5) is 11.2. The Morgan fingerprint density at radius 3 is 2.20 bits per heavy atom. The van der Waals surface area contributed by atoms with E-state index in [1.807, 2.05) is 18.2 Å². The number of nitrogens with one attached hydrogen (secondary N) is 1. The first-order valence-electron chi connectivity index (χ1n) is 9.05. The van der Waals surface area contributed by atoms with E-state index in [-0.39, 0.29) is 19.0 Å². The summed E-state index contributed by atoms with van der Waals surface area (Å²) in [6.07, 6.45) is 1.91. The fraction of sp³-hybridized carbons (Fsp3) is 0.350. The Hall–Kier alpha value is -2.49. The van der Waals surface area contributed by atoms with Gasteiger partial charge < -0.3 is 20.5 Å². The summed E-state index contributed by atoms with van der Waals surface area (Å²) < 4.78 is 36.1. The van der Waals surface area contributed by atoms with Crippen LogP contribution in [0, 0.1) is 0 Å². The summed E-state index contributed by atoms with van der Waals surface area (Å²) in [5.41, 5.74) is 7.12. The Morgan fingerprint density at radius 1 is 1.03 bits per heavy atom. The maximum Gasteiger partial charge on any atom is 0.248 e. The summed E-state index contributed by atoms with van der Waals surface area (Å²) >= 11 is 0. The number of benzene rings is 2. The van der Waals surface area contributed by atoms with Crippen molar-refractivity contribution < 1.29 is 22.7 Å². The highest BCUT2D eigenvalue weighted by Crippen LogP contribution is 2.27. The van der Waals surface area contributed by atoms with E-state index in [2.05, 4.69) is 5.32 Å². The number of sulfonamides is 1. The second-order valence-corrected chi connectivity index (χ2v) is 8.34. The SMILES string of the molecule is COc1ccc(CCNCCN(c2ccc(C(N)=O)cc2)S(C)(=O)=O)cc1OC.Cl. The lowest BCUT2D eigenvalue weighted by molar-refractivity contribution is 0.100. The predicted octanol–water partition coefficient (Wildman–Crippen LogP) is 1.82. The number of hydrogen-bond acceptors (Lipinski definition) is 6. The molecule has 0 aliphatic rings. The Morgan fingerprint density at radius 2 is 1.67 bits per heavy atom. The van der Waals surface area contributed by atoms with Gasteiger partial charge in [0.15, 0.2) is 11.5 Å².